The van der Waals surface area contributed by atoms with Crippen molar-refractivity contribution in [3.8, 4) is 5.40 Å². The smallest absolute Gasteiger partial charge is 0.370 e. The second-order valence-corrected chi connectivity index (χ2v) is 9.22. The van der Waals surface area contributed by atoms with Crippen molar-refractivity contribution in [1.29, 1.82) is 5.26 Å². The molecule has 1 atom stereocenters. The van der Waals surface area contributed by atoms with E-state index in [9.17, 15) is 0 Å². The van der Waals surface area contributed by atoms with Crippen molar-refractivity contribution in [1.82, 2.24) is 0 Å². The minimum absolute atomic E-state index is 0.245. The van der Waals surface area contributed by atoms with Gasteiger partial charge in [0.1, 0.15) is 10.6 Å². The van der Waals surface area contributed by atoms with Gasteiger partial charge in [0.25, 0.3) is 0 Å². The zero-order chi connectivity index (χ0) is 13.5. The first-order valence-corrected chi connectivity index (χ1v) is 9.37. The molecule has 1 heterocycles. The van der Waals surface area contributed by atoms with E-state index in [0.717, 1.165) is 37.5 Å². The summed E-state index contributed by atoms with van der Waals surface area (Å²) < 4.78 is 17.5. The molecule has 104 valence electrons. The summed E-state index contributed by atoms with van der Waals surface area (Å²) in [5.41, 5.74) is 0. The lowest BCUT2D eigenvalue weighted by molar-refractivity contribution is -0.0147. The molecule has 1 aliphatic rings. The molecule has 0 N–H and O–H groups in total. The summed E-state index contributed by atoms with van der Waals surface area (Å²) in [6.45, 7) is 0. The predicted molar refractivity (Wildman–Crippen MR) is 75.5 cm³/mol. The quantitative estimate of drug-likeness (QED) is 0.410. The number of nitrogens with zero attached hydrogens (tertiary/aromatic N) is 1. The maximum absolute atomic E-state index is 8.56. The lowest BCUT2D eigenvalue weighted by Crippen LogP contribution is -2.64. The van der Waals surface area contributed by atoms with Gasteiger partial charge < -0.3 is 13.6 Å². The van der Waals surface area contributed by atoms with Crippen molar-refractivity contribution in [3.63, 3.8) is 0 Å². The van der Waals surface area contributed by atoms with Gasteiger partial charge in [-0.1, -0.05) is 12.8 Å². The lowest BCUT2D eigenvalue weighted by atomic mass is 10.1. The van der Waals surface area contributed by atoms with Crippen molar-refractivity contribution in [2.45, 2.75) is 43.4 Å². The van der Waals surface area contributed by atoms with Gasteiger partial charge in [0.15, 0.2) is 0 Å². The summed E-state index contributed by atoms with van der Waals surface area (Å²) in [5, 5.41) is 10.4. The third-order valence-electron chi connectivity index (χ3n) is 3.97. The second-order valence-electron chi connectivity index (χ2n) is 4.61. The van der Waals surface area contributed by atoms with E-state index in [1.807, 2.05) is 0 Å². The van der Waals surface area contributed by atoms with E-state index in [1.54, 1.807) is 21.3 Å². The summed E-state index contributed by atoms with van der Waals surface area (Å²) in [7, 11) is 2.98. The Kier molecular flexibility index (Phi) is 6.67. The Morgan fingerprint density at radius 3 is 2.56 bits per heavy atom. The van der Waals surface area contributed by atoms with Gasteiger partial charge in [-0.15, -0.1) is 0 Å². The Bertz CT molecular complexity index is 294. The number of nitriles is 1. The van der Waals surface area contributed by atoms with Crippen molar-refractivity contribution < 1.29 is 13.6 Å². The molecule has 18 heavy (non-hydrogen) atoms. The van der Waals surface area contributed by atoms with E-state index in [1.165, 1.54) is 18.2 Å². The topological polar surface area (TPSA) is 51.5 Å². The predicted octanol–water partition coefficient (Wildman–Crippen LogP) is 2.82. The van der Waals surface area contributed by atoms with Gasteiger partial charge >= 0.3 is 8.56 Å². The molecule has 0 radical (unpaired) electrons. The highest BCUT2D eigenvalue weighted by Crippen LogP contribution is 2.42. The van der Waals surface area contributed by atoms with Crippen LogP contribution >= 0.6 is 11.8 Å². The first-order chi connectivity index (χ1) is 8.70. The molecule has 0 spiro atoms. The van der Waals surface area contributed by atoms with E-state index >= 15 is 0 Å². The number of thiocyanates is 1. The molecule has 1 rings (SSSR count). The largest absolute Gasteiger partial charge is 0.396 e. The van der Waals surface area contributed by atoms with Gasteiger partial charge in [-0.2, -0.15) is 5.26 Å². The van der Waals surface area contributed by atoms with E-state index in [2.05, 4.69) is 5.40 Å². The molecule has 0 aromatic rings. The highest BCUT2D eigenvalue weighted by Gasteiger charge is 2.58. The Morgan fingerprint density at radius 2 is 2.00 bits per heavy atom. The molecule has 6 heteroatoms. The van der Waals surface area contributed by atoms with Gasteiger partial charge in [0.2, 0.25) is 0 Å². The van der Waals surface area contributed by atoms with Gasteiger partial charge in [-0.25, -0.2) is 0 Å². The van der Waals surface area contributed by atoms with Crippen molar-refractivity contribution in [3.05, 3.63) is 0 Å². The number of thioether (sulfide) groups is 1. The molecule has 1 unspecified atom stereocenters. The Balaban J connectivity index is 2.76. The summed E-state index contributed by atoms with van der Waals surface area (Å²) >= 11 is 1.31. The van der Waals surface area contributed by atoms with Gasteiger partial charge in [0, 0.05) is 27.1 Å². The molecule has 0 aromatic carbocycles. The Morgan fingerprint density at radius 1 is 1.28 bits per heavy atom. The van der Waals surface area contributed by atoms with Gasteiger partial charge in [-0.05, 0) is 37.1 Å². The Labute approximate surface area is 115 Å². The molecule has 0 amide bonds. The summed E-state index contributed by atoms with van der Waals surface area (Å²) in [5.74, 6) is 0.847. The van der Waals surface area contributed by atoms with Crippen LogP contribution in [0.4, 0.5) is 0 Å². The highest BCUT2D eigenvalue weighted by atomic mass is 32.2. The van der Waals surface area contributed by atoms with Crippen LogP contribution in [0, 0.1) is 10.7 Å². The van der Waals surface area contributed by atoms with Crippen LogP contribution in [0.2, 0.25) is 6.04 Å². The second kappa shape index (κ2) is 7.51. The normalized spacial score (nSPS) is 26.8. The maximum atomic E-state index is 8.56. The number of ether oxygens (including phenoxy) is 1. The van der Waals surface area contributed by atoms with Crippen LogP contribution in [-0.4, -0.2) is 40.9 Å². The minimum Gasteiger partial charge on any atom is -0.396 e. The van der Waals surface area contributed by atoms with E-state index in [0.29, 0.717) is 0 Å². The fourth-order valence-electron chi connectivity index (χ4n) is 3.00. The molecular formula is C12H23NO3SSi. The van der Waals surface area contributed by atoms with Crippen LogP contribution in [0.15, 0.2) is 0 Å². The van der Waals surface area contributed by atoms with Gasteiger partial charge in [-0.3, -0.25) is 0 Å². The summed E-state index contributed by atoms with van der Waals surface area (Å²) in [6, 6.07) is 0.999. The molecule has 1 saturated heterocycles. The molecule has 0 aromatic heterocycles. The lowest BCUT2D eigenvalue weighted by Gasteiger charge is -2.48. The molecule has 0 saturated carbocycles. The summed E-state index contributed by atoms with van der Waals surface area (Å²) in [6.07, 6.45) is 5.22. The monoisotopic (exact) mass is 289 g/mol. The van der Waals surface area contributed by atoms with Crippen LogP contribution < -0.4 is 0 Å². The van der Waals surface area contributed by atoms with Crippen molar-refractivity contribution in [2.75, 3.05) is 27.1 Å². The van der Waals surface area contributed by atoms with Crippen LogP contribution in [0.3, 0.4) is 0 Å². The van der Waals surface area contributed by atoms with Crippen molar-refractivity contribution >= 4 is 20.3 Å². The van der Waals surface area contributed by atoms with Crippen LogP contribution in [0.5, 0.6) is 0 Å². The third-order valence-corrected chi connectivity index (χ3v) is 9.02. The molecular weight excluding hydrogens is 266 g/mol. The number of rotatable bonds is 7. The molecule has 1 fully saturated rings. The number of hydrogen-bond donors (Lipinski definition) is 0. The Hall–Kier alpha value is -0.0631. The average molecular weight is 289 g/mol. The van der Waals surface area contributed by atoms with Gasteiger partial charge in [0.05, 0.1) is 0 Å². The van der Waals surface area contributed by atoms with Crippen molar-refractivity contribution in [2.24, 2.45) is 0 Å². The number of methoxy groups -OCH3 is 1. The first-order valence-electron chi connectivity index (χ1n) is 6.36. The van der Waals surface area contributed by atoms with Crippen LogP contribution in [0.1, 0.15) is 32.1 Å². The third kappa shape index (κ3) is 3.09. The number of hydrogen-bond acceptors (Lipinski definition) is 5. The fraction of sp³-hybridized carbons (Fsp3) is 0.917. The fourth-order valence-corrected chi connectivity index (χ4v) is 7.29. The maximum Gasteiger partial charge on any atom is 0.370 e. The molecule has 0 bridgehead atoms. The van der Waals surface area contributed by atoms with Crippen LogP contribution in [-0.2, 0) is 13.6 Å². The zero-order valence-corrected chi connectivity index (χ0v) is 13.3. The molecule has 4 nitrogen and oxygen atoms in total. The molecule has 0 aliphatic carbocycles. The average Bonchev–Trinajstić information content (AvgIpc) is 2.44. The SMILES string of the molecule is COC1(CCCSC#N)CCCC[Si]1(OC)OC. The standard InChI is InChI=1S/C12H23NO3SSi/c1-14-12(8-6-9-17-11-13)7-4-5-10-18(12,15-2)16-3/h4-10H2,1-3H3. The minimum atomic E-state index is -2.28. The molecule has 1 aliphatic heterocycles. The zero-order valence-electron chi connectivity index (χ0n) is 11.5. The van der Waals surface area contributed by atoms with E-state index < -0.39 is 8.56 Å². The van der Waals surface area contributed by atoms with Crippen LogP contribution in [0.25, 0.3) is 0 Å². The summed E-state index contributed by atoms with van der Waals surface area (Å²) in [4.78, 5) is 0. The highest BCUT2D eigenvalue weighted by molar-refractivity contribution is 8.03. The van der Waals surface area contributed by atoms with E-state index in [4.69, 9.17) is 18.9 Å². The first kappa shape index (κ1) is 16.0. The van der Waals surface area contributed by atoms with E-state index in [-0.39, 0.29) is 5.22 Å².